The Bertz CT molecular complexity index is 1100. The minimum absolute atomic E-state index is 0.0439. The Labute approximate surface area is 169 Å². The molecule has 0 saturated carbocycles. The van der Waals surface area contributed by atoms with Gasteiger partial charge in [0.2, 0.25) is 5.91 Å². The van der Waals surface area contributed by atoms with E-state index in [2.05, 4.69) is 66.6 Å². The average Bonchev–Trinajstić information content (AvgIpc) is 3.11. The van der Waals surface area contributed by atoms with E-state index in [0.29, 0.717) is 17.5 Å². The molecule has 4 rings (SSSR count). The lowest BCUT2D eigenvalue weighted by Crippen LogP contribution is -2.14. The van der Waals surface area contributed by atoms with Crippen LogP contribution in [0, 0.1) is 0 Å². The summed E-state index contributed by atoms with van der Waals surface area (Å²) >= 11 is 1.52. The molecule has 1 amide bonds. The zero-order valence-electron chi connectivity index (χ0n) is 16.0. The number of benzene rings is 3. The second-order valence-electron chi connectivity index (χ2n) is 7.16. The zero-order valence-corrected chi connectivity index (χ0v) is 16.8. The molecule has 0 aliphatic carbocycles. The molecule has 0 bridgehead atoms. The molecule has 0 aliphatic rings. The van der Waals surface area contributed by atoms with Crippen molar-refractivity contribution in [1.29, 1.82) is 0 Å². The molecular formula is C24H22N2OS. The number of carbonyl (C=O) groups excluding carboxylic acids is 1. The van der Waals surface area contributed by atoms with E-state index in [4.69, 9.17) is 0 Å². The van der Waals surface area contributed by atoms with Crippen LogP contribution in [0.3, 0.4) is 0 Å². The number of nitrogens with zero attached hydrogens (tertiary/aromatic N) is 1. The first kappa shape index (κ1) is 18.4. The van der Waals surface area contributed by atoms with Crippen LogP contribution in [0.1, 0.15) is 30.9 Å². The Kier molecular flexibility index (Phi) is 5.22. The van der Waals surface area contributed by atoms with E-state index in [9.17, 15) is 4.79 Å². The van der Waals surface area contributed by atoms with Gasteiger partial charge >= 0.3 is 0 Å². The Hall–Kier alpha value is -2.98. The minimum Gasteiger partial charge on any atom is -0.302 e. The molecule has 0 unspecified atom stereocenters. The Morgan fingerprint density at radius 1 is 0.929 bits per heavy atom. The molecule has 4 aromatic rings. The standard InChI is InChI=1S/C24H22N2OS/c1-16(2)20-9-6-10-21-23(20)26-24(28-21)25-22(27)15-17-11-13-19(14-12-17)18-7-4-3-5-8-18/h3-14,16H,15H2,1-2H3,(H,25,26,27). The number of amides is 1. The average molecular weight is 387 g/mol. The van der Waals surface area contributed by atoms with Crippen LogP contribution in [-0.4, -0.2) is 10.9 Å². The first-order valence-corrected chi connectivity index (χ1v) is 10.3. The summed E-state index contributed by atoms with van der Waals surface area (Å²) in [5, 5.41) is 3.62. The molecule has 3 nitrogen and oxygen atoms in total. The minimum atomic E-state index is -0.0439. The van der Waals surface area contributed by atoms with Gasteiger partial charge in [0.05, 0.1) is 16.6 Å². The zero-order chi connectivity index (χ0) is 19.5. The molecule has 4 heteroatoms. The Balaban J connectivity index is 1.46. The molecule has 3 aromatic carbocycles. The maximum Gasteiger partial charge on any atom is 0.230 e. The van der Waals surface area contributed by atoms with E-state index in [0.717, 1.165) is 21.3 Å². The number of hydrogen-bond acceptors (Lipinski definition) is 3. The van der Waals surface area contributed by atoms with Crippen LogP contribution < -0.4 is 5.32 Å². The summed E-state index contributed by atoms with van der Waals surface area (Å²) in [7, 11) is 0. The molecule has 0 atom stereocenters. The lowest BCUT2D eigenvalue weighted by Gasteiger charge is -2.05. The summed E-state index contributed by atoms with van der Waals surface area (Å²) in [6.45, 7) is 4.32. The predicted octanol–water partition coefficient (Wildman–Crippen LogP) is 6.27. The fourth-order valence-electron chi connectivity index (χ4n) is 3.28. The molecule has 0 radical (unpaired) electrons. The molecule has 1 aromatic heterocycles. The molecule has 0 spiro atoms. The molecule has 140 valence electrons. The van der Waals surface area contributed by atoms with E-state index < -0.39 is 0 Å². The summed E-state index contributed by atoms with van der Waals surface area (Å²) in [4.78, 5) is 17.1. The topological polar surface area (TPSA) is 42.0 Å². The Morgan fingerprint density at radius 2 is 1.64 bits per heavy atom. The van der Waals surface area contributed by atoms with Gasteiger partial charge in [0, 0.05) is 0 Å². The lowest BCUT2D eigenvalue weighted by atomic mass is 10.0. The van der Waals surface area contributed by atoms with Crippen LogP contribution in [-0.2, 0) is 11.2 Å². The highest BCUT2D eigenvalue weighted by Gasteiger charge is 2.12. The van der Waals surface area contributed by atoms with Crippen LogP contribution in [0.5, 0.6) is 0 Å². The number of rotatable bonds is 5. The van der Waals surface area contributed by atoms with Crippen LogP contribution in [0.4, 0.5) is 5.13 Å². The number of thiazole rings is 1. The normalized spacial score (nSPS) is 11.1. The SMILES string of the molecule is CC(C)c1cccc2sc(NC(=O)Cc3ccc(-c4ccccc4)cc3)nc12. The van der Waals surface area contributed by atoms with Gasteiger partial charge in [-0.2, -0.15) is 0 Å². The van der Waals surface area contributed by atoms with Crippen molar-refractivity contribution in [3.05, 3.63) is 83.9 Å². The summed E-state index contributed by atoms with van der Waals surface area (Å²) in [5.41, 5.74) is 5.52. The molecule has 28 heavy (non-hydrogen) atoms. The third-order valence-corrected chi connectivity index (χ3v) is 5.68. The number of aromatic nitrogens is 1. The van der Waals surface area contributed by atoms with Gasteiger partial charge in [0.25, 0.3) is 0 Å². The van der Waals surface area contributed by atoms with Gasteiger partial charge in [-0.05, 0) is 34.2 Å². The maximum atomic E-state index is 12.5. The number of para-hydroxylation sites is 1. The molecule has 1 N–H and O–H groups in total. The summed E-state index contributed by atoms with van der Waals surface area (Å²) in [6, 6.07) is 24.6. The van der Waals surface area contributed by atoms with Crippen molar-refractivity contribution in [1.82, 2.24) is 4.98 Å². The van der Waals surface area contributed by atoms with Gasteiger partial charge in [-0.1, -0.05) is 91.9 Å². The summed E-state index contributed by atoms with van der Waals surface area (Å²) in [5.74, 6) is 0.357. The third kappa shape index (κ3) is 3.97. The van der Waals surface area contributed by atoms with Gasteiger partial charge in [-0.25, -0.2) is 4.98 Å². The van der Waals surface area contributed by atoms with Gasteiger partial charge in [0.15, 0.2) is 5.13 Å². The maximum absolute atomic E-state index is 12.5. The molecule has 1 heterocycles. The van der Waals surface area contributed by atoms with Crippen LogP contribution in [0.25, 0.3) is 21.3 Å². The fraction of sp³-hybridized carbons (Fsp3) is 0.167. The molecule has 0 saturated heterocycles. The number of anilines is 1. The largest absolute Gasteiger partial charge is 0.302 e. The van der Waals surface area contributed by atoms with Gasteiger partial charge in [-0.15, -0.1) is 0 Å². The van der Waals surface area contributed by atoms with Gasteiger partial charge in [-0.3, -0.25) is 4.79 Å². The first-order valence-electron chi connectivity index (χ1n) is 9.44. The van der Waals surface area contributed by atoms with Crippen molar-refractivity contribution >= 4 is 32.6 Å². The highest BCUT2D eigenvalue weighted by atomic mass is 32.1. The lowest BCUT2D eigenvalue weighted by molar-refractivity contribution is -0.115. The van der Waals surface area contributed by atoms with Crippen molar-refractivity contribution < 1.29 is 4.79 Å². The second kappa shape index (κ2) is 7.95. The smallest absolute Gasteiger partial charge is 0.230 e. The van der Waals surface area contributed by atoms with Crippen molar-refractivity contribution in [3.8, 4) is 11.1 Å². The number of hydrogen-bond donors (Lipinski definition) is 1. The number of nitrogens with one attached hydrogen (secondary N) is 1. The molecular weight excluding hydrogens is 364 g/mol. The van der Waals surface area contributed by atoms with Crippen molar-refractivity contribution in [2.45, 2.75) is 26.2 Å². The van der Waals surface area contributed by atoms with Crippen LogP contribution in [0.15, 0.2) is 72.8 Å². The van der Waals surface area contributed by atoms with E-state index in [1.54, 1.807) is 0 Å². The molecule has 0 aliphatic heterocycles. The van der Waals surface area contributed by atoms with Crippen molar-refractivity contribution in [3.63, 3.8) is 0 Å². The quantitative estimate of drug-likeness (QED) is 0.439. The highest BCUT2D eigenvalue weighted by Crippen LogP contribution is 2.31. The van der Waals surface area contributed by atoms with Crippen molar-refractivity contribution in [2.24, 2.45) is 0 Å². The van der Waals surface area contributed by atoms with E-state index in [-0.39, 0.29) is 5.91 Å². The second-order valence-corrected chi connectivity index (χ2v) is 8.19. The highest BCUT2D eigenvalue weighted by molar-refractivity contribution is 7.22. The van der Waals surface area contributed by atoms with Gasteiger partial charge < -0.3 is 5.32 Å². The van der Waals surface area contributed by atoms with Crippen LogP contribution >= 0.6 is 11.3 Å². The number of carbonyl (C=O) groups is 1. The summed E-state index contributed by atoms with van der Waals surface area (Å²) < 4.78 is 1.11. The summed E-state index contributed by atoms with van der Waals surface area (Å²) in [6.07, 6.45) is 0.335. The van der Waals surface area contributed by atoms with E-state index in [1.807, 2.05) is 30.3 Å². The van der Waals surface area contributed by atoms with Gasteiger partial charge in [0.1, 0.15) is 0 Å². The third-order valence-electron chi connectivity index (χ3n) is 4.74. The Morgan fingerprint density at radius 3 is 2.36 bits per heavy atom. The van der Waals surface area contributed by atoms with Crippen molar-refractivity contribution in [2.75, 3.05) is 5.32 Å². The fourth-order valence-corrected chi connectivity index (χ4v) is 4.20. The van der Waals surface area contributed by atoms with E-state index >= 15 is 0 Å². The predicted molar refractivity (Wildman–Crippen MR) is 118 cm³/mol. The van der Waals surface area contributed by atoms with Crippen LogP contribution in [0.2, 0.25) is 0 Å². The van der Waals surface area contributed by atoms with E-state index in [1.165, 1.54) is 22.5 Å². The molecule has 0 fully saturated rings. The monoisotopic (exact) mass is 386 g/mol. The first-order chi connectivity index (χ1) is 13.6. The number of fused-ring (bicyclic) bond motifs is 1.